The van der Waals surface area contributed by atoms with E-state index < -0.39 is 5.91 Å². The van der Waals surface area contributed by atoms with Crippen molar-refractivity contribution >= 4 is 17.8 Å². The number of hydrogen-bond acceptors (Lipinski definition) is 6. The molecule has 0 saturated carbocycles. The van der Waals surface area contributed by atoms with E-state index >= 15 is 0 Å². The molecular formula is C17H16N4O4. The Morgan fingerprint density at radius 1 is 1.08 bits per heavy atom. The van der Waals surface area contributed by atoms with Crippen LogP contribution in [0.5, 0.6) is 0 Å². The molecule has 2 heterocycles. The average Bonchev–Trinajstić information content (AvgIpc) is 3.19. The van der Waals surface area contributed by atoms with E-state index in [1.807, 2.05) is 6.92 Å². The van der Waals surface area contributed by atoms with E-state index in [4.69, 9.17) is 8.83 Å². The summed E-state index contributed by atoms with van der Waals surface area (Å²) in [6, 6.07) is 10.3. The van der Waals surface area contributed by atoms with Crippen molar-refractivity contribution < 1.29 is 18.4 Å². The second-order valence-corrected chi connectivity index (χ2v) is 5.34. The smallest absolute Gasteiger partial charge is 0.322 e. The molecule has 0 aliphatic rings. The van der Waals surface area contributed by atoms with Gasteiger partial charge in [0.25, 0.3) is 11.8 Å². The summed E-state index contributed by atoms with van der Waals surface area (Å²) in [5.41, 5.74) is 1.14. The number of amides is 2. The third kappa shape index (κ3) is 3.92. The summed E-state index contributed by atoms with van der Waals surface area (Å²) in [5, 5.41) is 12.6. The molecule has 0 unspecified atom stereocenters. The summed E-state index contributed by atoms with van der Waals surface area (Å²) >= 11 is 0. The number of carbonyl (C=O) groups is 2. The molecule has 0 atom stereocenters. The second-order valence-electron chi connectivity index (χ2n) is 5.34. The Labute approximate surface area is 143 Å². The summed E-state index contributed by atoms with van der Waals surface area (Å²) < 4.78 is 10.8. The van der Waals surface area contributed by atoms with Crippen molar-refractivity contribution in [1.29, 1.82) is 0 Å². The summed E-state index contributed by atoms with van der Waals surface area (Å²) in [6.07, 6.45) is 0. The second kappa shape index (κ2) is 7.00. The summed E-state index contributed by atoms with van der Waals surface area (Å²) in [5.74, 6) is 0.804. The fourth-order valence-electron chi connectivity index (χ4n) is 2.24. The van der Waals surface area contributed by atoms with Crippen molar-refractivity contribution in [3.63, 3.8) is 0 Å². The van der Waals surface area contributed by atoms with Gasteiger partial charge in [0.05, 0.1) is 12.1 Å². The lowest BCUT2D eigenvalue weighted by molar-refractivity contribution is -0.115. The van der Waals surface area contributed by atoms with Crippen LogP contribution in [0.25, 0.3) is 11.5 Å². The van der Waals surface area contributed by atoms with Crippen LogP contribution in [0.2, 0.25) is 0 Å². The molecule has 0 bridgehead atoms. The SMILES string of the molecule is Cc1cc(-c2nnc(NC(=O)CNC(=O)c3ccccc3)o2)c(C)o1. The lowest BCUT2D eigenvalue weighted by Gasteiger charge is -2.04. The number of rotatable bonds is 5. The fourth-order valence-corrected chi connectivity index (χ4v) is 2.24. The maximum atomic E-state index is 11.9. The van der Waals surface area contributed by atoms with Crippen LogP contribution in [0, 0.1) is 13.8 Å². The Morgan fingerprint density at radius 3 is 2.52 bits per heavy atom. The molecule has 3 aromatic rings. The number of benzene rings is 1. The number of nitrogens with zero attached hydrogens (tertiary/aromatic N) is 2. The van der Waals surface area contributed by atoms with Gasteiger partial charge < -0.3 is 14.2 Å². The first-order valence-electron chi connectivity index (χ1n) is 7.57. The predicted molar refractivity (Wildman–Crippen MR) is 88.9 cm³/mol. The van der Waals surface area contributed by atoms with Crippen molar-refractivity contribution in [1.82, 2.24) is 15.5 Å². The topological polar surface area (TPSA) is 110 Å². The molecule has 8 heteroatoms. The summed E-state index contributed by atoms with van der Waals surface area (Å²) in [4.78, 5) is 23.8. The number of carbonyl (C=O) groups excluding carboxylic acids is 2. The maximum absolute atomic E-state index is 11.9. The molecule has 0 aliphatic heterocycles. The highest BCUT2D eigenvalue weighted by Crippen LogP contribution is 2.26. The van der Waals surface area contributed by atoms with Gasteiger partial charge in [-0.05, 0) is 32.0 Å². The zero-order chi connectivity index (χ0) is 17.8. The third-order valence-corrected chi connectivity index (χ3v) is 3.39. The molecule has 0 saturated heterocycles. The van der Waals surface area contributed by atoms with Crippen LogP contribution < -0.4 is 10.6 Å². The van der Waals surface area contributed by atoms with Crippen molar-refractivity contribution in [2.45, 2.75) is 13.8 Å². The molecule has 1 aromatic carbocycles. The van der Waals surface area contributed by atoms with Gasteiger partial charge >= 0.3 is 6.01 Å². The zero-order valence-corrected chi connectivity index (χ0v) is 13.7. The van der Waals surface area contributed by atoms with Crippen LogP contribution >= 0.6 is 0 Å². The van der Waals surface area contributed by atoms with Gasteiger partial charge in [0, 0.05) is 5.56 Å². The van der Waals surface area contributed by atoms with Gasteiger partial charge in [-0.1, -0.05) is 23.3 Å². The van der Waals surface area contributed by atoms with E-state index in [2.05, 4.69) is 20.8 Å². The number of nitrogens with one attached hydrogen (secondary N) is 2. The molecule has 2 aromatic heterocycles. The highest BCUT2D eigenvalue weighted by Gasteiger charge is 2.16. The van der Waals surface area contributed by atoms with Crippen LogP contribution in [-0.4, -0.2) is 28.6 Å². The van der Waals surface area contributed by atoms with Gasteiger partial charge in [-0.3, -0.25) is 14.9 Å². The molecule has 3 rings (SSSR count). The van der Waals surface area contributed by atoms with E-state index in [1.165, 1.54) is 0 Å². The molecule has 128 valence electrons. The van der Waals surface area contributed by atoms with Crippen molar-refractivity contribution in [2.75, 3.05) is 11.9 Å². The summed E-state index contributed by atoms with van der Waals surface area (Å²) in [6.45, 7) is 3.38. The number of aryl methyl sites for hydroxylation is 2. The zero-order valence-electron chi connectivity index (χ0n) is 13.7. The highest BCUT2D eigenvalue weighted by atomic mass is 16.4. The van der Waals surface area contributed by atoms with E-state index in [0.717, 1.165) is 5.76 Å². The third-order valence-electron chi connectivity index (χ3n) is 3.39. The number of hydrogen-bond donors (Lipinski definition) is 2. The van der Waals surface area contributed by atoms with Crippen LogP contribution in [-0.2, 0) is 4.79 Å². The Balaban J connectivity index is 1.57. The van der Waals surface area contributed by atoms with Gasteiger partial charge in [-0.25, -0.2) is 0 Å². The Hall–Kier alpha value is -3.42. The average molecular weight is 340 g/mol. The Bertz CT molecular complexity index is 899. The largest absolute Gasteiger partial charge is 0.466 e. The Kier molecular flexibility index (Phi) is 4.60. The molecule has 2 N–H and O–H groups in total. The minimum Gasteiger partial charge on any atom is -0.466 e. The number of furan rings is 1. The fraction of sp³-hybridized carbons (Fsp3) is 0.176. The standard InChI is InChI=1S/C17H16N4O4/c1-10-8-13(11(2)24-10)16-20-21-17(25-16)19-14(22)9-18-15(23)12-6-4-3-5-7-12/h3-8H,9H2,1-2H3,(H,18,23)(H,19,21,22). The predicted octanol–water partition coefficient (Wildman–Crippen LogP) is 2.31. The summed E-state index contributed by atoms with van der Waals surface area (Å²) in [7, 11) is 0. The van der Waals surface area contributed by atoms with Gasteiger partial charge in [0.2, 0.25) is 5.91 Å². The first kappa shape index (κ1) is 16.4. The molecule has 0 radical (unpaired) electrons. The highest BCUT2D eigenvalue weighted by molar-refractivity contribution is 5.98. The monoisotopic (exact) mass is 340 g/mol. The van der Waals surface area contributed by atoms with E-state index in [0.29, 0.717) is 16.9 Å². The van der Waals surface area contributed by atoms with Crippen molar-refractivity contribution in [2.24, 2.45) is 0 Å². The first-order valence-corrected chi connectivity index (χ1v) is 7.57. The number of aromatic nitrogens is 2. The normalized spacial score (nSPS) is 10.5. The van der Waals surface area contributed by atoms with Crippen LogP contribution in [0.4, 0.5) is 6.01 Å². The van der Waals surface area contributed by atoms with Gasteiger partial charge in [0.1, 0.15) is 11.5 Å². The van der Waals surface area contributed by atoms with E-state index in [1.54, 1.807) is 43.3 Å². The molecule has 0 aliphatic carbocycles. The molecule has 25 heavy (non-hydrogen) atoms. The minimum absolute atomic E-state index is 0.0489. The lowest BCUT2D eigenvalue weighted by Crippen LogP contribution is -2.32. The van der Waals surface area contributed by atoms with Crippen LogP contribution in [0.1, 0.15) is 21.9 Å². The lowest BCUT2D eigenvalue weighted by atomic mass is 10.2. The van der Waals surface area contributed by atoms with Gasteiger partial charge in [-0.2, -0.15) is 0 Å². The molecule has 2 amide bonds. The van der Waals surface area contributed by atoms with Gasteiger partial charge in [-0.15, -0.1) is 5.10 Å². The van der Waals surface area contributed by atoms with Gasteiger partial charge in [0.15, 0.2) is 0 Å². The Morgan fingerprint density at radius 2 is 1.84 bits per heavy atom. The van der Waals surface area contributed by atoms with E-state index in [9.17, 15) is 9.59 Å². The van der Waals surface area contributed by atoms with Crippen LogP contribution in [0.3, 0.4) is 0 Å². The van der Waals surface area contributed by atoms with Crippen molar-refractivity contribution in [3.05, 3.63) is 53.5 Å². The molecule has 0 spiro atoms. The first-order chi connectivity index (χ1) is 12.0. The molecule has 0 fully saturated rings. The maximum Gasteiger partial charge on any atom is 0.322 e. The number of anilines is 1. The van der Waals surface area contributed by atoms with E-state index in [-0.39, 0.29) is 24.4 Å². The minimum atomic E-state index is -0.473. The molecule has 8 nitrogen and oxygen atoms in total. The molecular weight excluding hydrogens is 324 g/mol. The van der Waals surface area contributed by atoms with Crippen molar-refractivity contribution in [3.8, 4) is 11.5 Å². The van der Waals surface area contributed by atoms with Crippen LogP contribution in [0.15, 0.2) is 45.2 Å². The quantitative estimate of drug-likeness (QED) is 0.737.